The van der Waals surface area contributed by atoms with Gasteiger partial charge >= 0.3 is 12.4 Å². The van der Waals surface area contributed by atoms with Crippen LogP contribution < -0.4 is 4.90 Å². The molecule has 4 aromatic rings. The number of pyridine rings is 1. The fourth-order valence-electron chi connectivity index (χ4n) is 4.63. The summed E-state index contributed by atoms with van der Waals surface area (Å²) >= 11 is 0. The van der Waals surface area contributed by atoms with Gasteiger partial charge < -0.3 is 4.90 Å². The molecule has 1 amide bonds. The number of hydrogen-bond donors (Lipinski definition) is 0. The number of aryl methyl sites for hydroxylation is 1. The second-order valence-electron chi connectivity index (χ2n) is 10.5. The molecule has 0 saturated heterocycles. The minimum atomic E-state index is -5.04. The Morgan fingerprint density at radius 1 is 0.738 bits per heavy atom. The zero-order valence-electron chi connectivity index (χ0n) is 23.3. The van der Waals surface area contributed by atoms with Crippen molar-refractivity contribution in [3.8, 4) is 11.1 Å². The molecule has 0 aliphatic rings. The third-order valence-corrected chi connectivity index (χ3v) is 7.10. The molecule has 0 atom stereocenters. The van der Waals surface area contributed by atoms with Gasteiger partial charge in [0.1, 0.15) is 0 Å². The van der Waals surface area contributed by atoms with Crippen LogP contribution >= 0.6 is 0 Å². The van der Waals surface area contributed by atoms with E-state index in [1.54, 1.807) is 6.07 Å². The molecule has 0 saturated carbocycles. The first-order valence-corrected chi connectivity index (χ1v) is 13.0. The molecule has 4 rings (SSSR count). The molecule has 218 valence electrons. The quantitative estimate of drug-likeness (QED) is 0.212. The van der Waals surface area contributed by atoms with Gasteiger partial charge in [0.25, 0.3) is 0 Å². The highest BCUT2D eigenvalue weighted by molar-refractivity contribution is 6.03. The Morgan fingerprint density at radius 3 is 1.86 bits per heavy atom. The number of halogens is 6. The molecular formula is C33H28F6N2O. The Morgan fingerprint density at radius 2 is 1.29 bits per heavy atom. The van der Waals surface area contributed by atoms with Crippen molar-refractivity contribution in [1.82, 2.24) is 4.98 Å². The van der Waals surface area contributed by atoms with Crippen LogP contribution in [-0.4, -0.2) is 17.9 Å². The van der Waals surface area contributed by atoms with Crippen molar-refractivity contribution < 1.29 is 31.1 Å². The highest BCUT2D eigenvalue weighted by Crippen LogP contribution is 2.41. The van der Waals surface area contributed by atoms with E-state index in [1.807, 2.05) is 73.7 Å². The summed E-state index contributed by atoms with van der Waals surface area (Å²) in [6.07, 6.45) is -4.90. The van der Waals surface area contributed by atoms with Gasteiger partial charge in [-0.3, -0.25) is 9.78 Å². The minimum absolute atomic E-state index is 0.0513. The highest BCUT2D eigenvalue weighted by atomic mass is 19.4. The highest BCUT2D eigenvalue weighted by Gasteiger charge is 2.41. The van der Waals surface area contributed by atoms with Crippen LogP contribution in [0.4, 0.5) is 32.0 Å². The fourth-order valence-corrected chi connectivity index (χ4v) is 4.63. The molecule has 1 heterocycles. The van der Waals surface area contributed by atoms with Crippen LogP contribution in [0.2, 0.25) is 0 Å². The number of amides is 1. The van der Waals surface area contributed by atoms with E-state index in [0.717, 1.165) is 16.7 Å². The second kappa shape index (κ2) is 11.5. The molecule has 0 spiro atoms. The molecule has 42 heavy (non-hydrogen) atoms. The molecule has 0 aliphatic carbocycles. The number of nitrogens with zero attached hydrogens (tertiary/aromatic N) is 2. The van der Waals surface area contributed by atoms with E-state index in [0.29, 0.717) is 29.1 Å². The first-order chi connectivity index (χ1) is 19.6. The van der Waals surface area contributed by atoms with E-state index in [2.05, 4.69) is 4.98 Å². The van der Waals surface area contributed by atoms with E-state index in [1.165, 1.54) is 32.0 Å². The Balaban J connectivity index is 1.80. The lowest BCUT2D eigenvalue weighted by Crippen LogP contribution is -2.42. The van der Waals surface area contributed by atoms with E-state index >= 15 is 0 Å². The first kappa shape index (κ1) is 30.6. The number of aromatic nitrogens is 1. The van der Waals surface area contributed by atoms with Crippen LogP contribution in [0, 0.1) is 6.92 Å². The van der Waals surface area contributed by atoms with E-state index < -0.39 is 40.4 Å². The lowest BCUT2D eigenvalue weighted by atomic mass is 9.81. The zero-order chi connectivity index (χ0) is 30.9. The average molecular weight is 583 g/mol. The number of likely N-dealkylation sites (N-methyl/N-ethyl adjacent to an activating group) is 1. The monoisotopic (exact) mass is 582 g/mol. The lowest BCUT2D eigenvalue weighted by Gasteiger charge is -2.32. The van der Waals surface area contributed by atoms with E-state index in [9.17, 15) is 31.1 Å². The van der Waals surface area contributed by atoms with Crippen LogP contribution in [-0.2, 0) is 22.6 Å². The van der Waals surface area contributed by atoms with Crippen molar-refractivity contribution in [1.29, 1.82) is 0 Å². The van der Waals surface area contributed by atoms with Gasteiger partial charge in [-0.05, 0) is 73.4 Å². The molecule has 0 N–H and O–H groups in total. The van der Waals surface area contributed by atoms with Crippen LogP contribution in [0.5, 0.6) is 0 Å². The SMILES string of the molecule is Cc1ccccc1-c1cc(C=Cc2ccccc2)ncc1N(C)C(=O)C(C)(C)c1cc(C(F)(F)F)cc(C(F)(F)F)c1. The summed E-state index contributed by atoms with van der Waals surface area (Å²) in [6, 6.07) is 20.1. The van der Waals surface area contributed by atoms with Gasteiger partial charge in [0, 0.05) is 12.6 Å². The first-order valence-electron chi connectivity index (χ1n) is 13.0. The van der Waals surface area contributed by atoms with E-state index in [-0.39, 0.29) is 6.07 Å². The van der Waals surface area contributed by atoms with Crippen LogP contribution in [0.3, 0.4) is 0 Å². The van der Waals surface area contributed by atoms with Crippen molar-refractivity contribution in [2.24, 2.45) is 0 Å². The molecule has 9 heteroatoms. The summed E-state index contributed by atoms with van der Waals surface area (Å²) in [7, 11) is 1.43. The fraction of sp³-hybridized carbons (Fsp3) is 0.212. The number of alkyl halides is 6. The van der Waals surface area contributed by atoms with E-state index in [4.69, 9.17) is 0 Å². The Kier molecular flexibility index (Phi) is 8.34. The molecule has 0 radical (unpaired) electrons. The van der Waals surface area contributed by atoms with Gasteiger partial charge in [-0.15, -0.1) is 0 Å². The normalized spacial score (nSPS) is 12.5. The lowest BCUT2D eigenvalue weighted by molar-refractivity contribution is -0.143. The molecule has 0 aliphatic heterocycles. The third kappa shape index (κ3) is 6.56. The Labute approximate surface area is 240 Å². The minimum Gasteiger partial charge on any atom is -0.313 e. The van der Waals surface area contributed by atoms with Crippen LogP contribution in [0.25, 0.3) is 23.3 Å². The summed E-state index contributed by atoms with van der Waals surface area (Å²) in [5, 5.41) is 0. The van der Waals surface area contributed by atoms with Gasteiger partial charge in [0.05, 0.1) is 34.1 Å². The maximum atomic E-state index is 13.9. The summed E-state index contributed by atoms with van der Waals surface area (Å²) < 4.78 is 81.4. The smallest absolute Gasteiger partial charge is 0.313 e. The number of hydrogen-bond acceptors (Lipinski definition) is 2. The average Bonchev–Trinajstić information content (AvgIpc) is 2.95. The van der Waals surface area contributed by atoms with Crippen LogP contribution in [0.1, 0.15) is 47.4 Å². The largest absolute Gasteiger partial charge is 0.416 e. The summed E-state index contributed by atoms with van der Waals surface area (Å²) in [6.45, 7) is 4.50. The van der Waals surface area contributed by atoms with Gasteiger partial charge in [-0.2, -0.15) is 26.3 Å². The molecule has 0 bridgehead atoms. The summed E-state index contributed by atoms with van der Waals surface area (Å²) in [5.74, 6) is -0.709. The molecular weight excluding hydrogens is 554 g/mol. The number of carbonyl (C=O) groups excluding carboxylic acids is 1. The van der Waals surface area contributed by atoms with Gasteiger partial charge in [-0.1, -0.05) is 60.7 Å². The number of carbonyl (C=O) groups is 1. The van der Waals surface area contributed by atoms with Crippen molar-refractivity contribution in [3.63, 3.8) is 0 Å². The third-order valence-electron chi connectivity index (χ3n) is 7.10. The van der Waals surface area contributed by atoms with Crippen molar-refractivity contribution >= 4 is 23.7 Å². The maximum Gasteiger partial charge on any atom is 0.416 e. The zero-order valence-corrected chi connectivity index (χ0v) is 23.3. The molecule has 1 aromatic heterocycles. The van der Waals surface area contributed by atoms with Crippen molar-refractivity contribution in [2.75, 3.05) is 11.9 Å². The van der Waals surface area contributed by atoms with Gasteiger partial charge in [0.15, 0.2) is 0 Å². The van der Waals surface area contributed by atoms with Gasteiger partial charge in [-0.25, -0.2) is 0 Å². The van der Waals surface area contributed by atoms with Gasteiger partial charge in [0.2, 0.25) is 5.91 Å². The van der Waals surface area contributed by atoms with Crippen molar-refractivity contribution in [3.05, 3.63) is 119 Å². The molecule has 3 aromatic carbocycles. The van der Waals surface area contributed by atoms with Crippen molar-refractivity contribution in [2.45, 2.75) is 38.5 Å². The predicted molar refractivity (Wildman–Crippen MR) is 153 cm³/mol. The Hall–Kier alpha value is -4.40. The summed E-state index contributed by atoms with van der Waals surface area (Å²) in [4.78, 5) is 19.6. The predicted octanol–water partition coefficient (Wildman–Crippen LogP) is 9.21. The Bertz CT molecular complexity index is 1590. The van der Waals surface area contributed by atoms with Crippen LogP contribution in [0.15, 0.2) is 85.1 Å². The maximum absolute atomic E-state index is 13.9. The molecule has 0 unspecified atom stereocenters. The number of rotatable bonds is 6. The molecule has 3 nitrogen and oxygen atoms in total. The number of benzene rings is 3. The summed E-state index contributed by atoms with van der Waals surface area (Å²) in [5.41, 5.74) is -0.914. The second-order valence-corrected chi connectivity index (χ2v) is 10.5. The topological polar surface area (TPSA) is 33.2 Å². The molecule has 0 fully saturated rings. The number of anilines is 1. The standard InChI is InChI=1S/C33H28F6N2O/c1-21-10-8-9-13-27(21)28-19-26(15-14-22-11-6-5-7-12-22)40-20-29(28)41(4)30(42)31(2,3)23-16-24(32(34,35)36)18-25(17-23)33(37,38)39/h5-20H,1-4H3.